The van der Waals surface area contributed by atoms with E-state index in [0.717, 1.165) is 12.8 Å². The average Bonchev–Trinajstić information content (AvgIpc) is 1.57. The van der Waals surface area contributed by atoms with Gasteiger partial charge in [-0.1, -0.05) is 20.8 Å². The van der Waals surface area contributed by atoms with E-state index >= 15 is 0 Å². The van der Waals surface area contributed by atoms with Crippen molar-refractivity contribution in [1.82, 2.24) is 0 Å². The Hall–Kier alpha value is -0.0400. The Kier molecular flexibility index (Phi) is 2.90. The molecule has 0 aromatic carbocycles. The van der Waals surface area contributed by atoms with Crippen molar-refractivity contribution in [3.8, 4) is 0 Å². The van der Waals surface area contributed by atoms with Crippen molar-refractivity contribution >= 4 is 0 Å². The van der Waals surface area contributed by atoms with Gasteiger partial charge in [-0.05, 0) is 32.1 Å². The molecule has 0 atom stereocenters. The van der Waals surface area contributed by atoms with Gasteiger partial charge in [0.05, 0.1) is 5.60 Å². The molecule has 0 spiro atoms. The molecule has 0 radical (unpaired) electrons. The van der Waals surface area contributed by atoms with Crippen molar-refractivity contribution in [2.24, 2.45) is 5.41 Å². The fourth-order valence-electron chi connectivity index (χ4n) is 0.681. The van der Waals surface area contributed by atoms with Gasteiger partial charge in [0.2, 0.25) is 0 Å². The van der Waals surface area contributed by atoms with Crippen molar-refractivity contribution in [2.75, 3.05) is 0 Å². The molecule has 1 heteroatoms. The first-order chi connectivity index (χ1) is 4.21. The highest BCUT2D eigenvalue weighted by atomic mass is 16.3. The lowest BCUT2D eigenvalue weighted by Crippen LogP contribution is -2.21. The van der Waals surface area contributed by atoms with Gasteiger partial charge >= 0.3 is 0 Å². The number of aliphatic hydroxyl groups is 1. The molecule has 0 aliphatic rings. The molecule has 0 aliphatic heterocycles. The van der Waals surface area contributed by atoms with E-state index in [0.29, 0.717) is 5.41 Å². The van der Waals surface area contributed by atoms with Crippen LogP contribution >= 0.6 is 0 Å². The largest absolute Gasteiger partial charge is 0.390 e. The van der Waals surface area contributed by atoms with Gasteiger partial charge in [0.25, 0.3) is 0 Å². The van der Waals surface area contributed by atoms with Crippen molar-refractivity contribution < 1.29 is 5.11 Å². The molecule has 1 nitrogen and oxygen atoms in total. The van der Waals surface area contributed by atoms with Crippen LogP contribution in [-0.4, -0.2) is 10.7 Å². The molecule has 1 N–H and O–H groups in total. The molecule has 0 saturated heterocycles. The zero-order valence-electron chi connectivity index (χ0n) is 7.86. The van der Waals surface area contributed by atoms with E-state index in [1.165, 1.54) is 0 Å². The summed E-state index contributed by atoms with van der Waals surface area (Å²) in [4.78, 5) is 0. The monoisotopic (exact) mass is 144 g/mol. The van der Waals surface area contributed by atoms with E-state index in [2.05, 4.69) is 20.8 Å². The summed E-state index contributed by atoms with van der Waals surface area (Å²) in [6.45, 7) is 10.3. The molecule has 0 fully saturated rings. The van der Waals surface area contributed by atoms with Crippen LogP contribution in [0.15, 0.2) is 0 Å². The van der Waals surface area contributed by atoms with Gasteiger partial charge in [0.1, 0.15) is 0 Å². The Morgan fingerprint density at radius 3 is 1.40 bits per heavy atom. The molecular weight excluding hydrogens is 124 g/mol. The summed E-state index contributed by atoms with van der Waals surface area (Å²) < 4.78 is 0. The lowest BCUT2D eigenvalue weighted by Gasteiger charge is -2.24. The zero-order chi connectivity index (χ0) is 8.41. The fourth-order valence-corrected chi connectivity index (χ4v) is 0.681. The van der Waals surface area contributed by atoms with Crippen molar-refractivity contribution in [1.29, 1.82) is 0 Å². The Balaban J connectivity index is 3.56. The van der Waals surface area contributed by atoms with Gasteiger partial charge in [0.15, 0.2) is 0 Å². The highest BCUT2D eigenvalue weighted by Gasteiger charge is 2.17. The fraction of sp³-hybridized carbons (Fsp3) is 1.00. The zero-order valence-corrected chi connectivity index (χ0v) is 7.86. The first-order valence-corrected chi connectivity index (χ1v) is 3.93. The summed E-state index contributed by atoms with van der Waals surface area (Å²) in [6, 6.07) is 0. The van der Waals surface area contributed by atoms with Crippen molar-refractivity contribution in [3.63, 3.8) is 0 Å². The SMILES string of the molecule is CC(C)(C)CCC(C)(C)O. The smallest absolute Gasteiger partial charge is 0.0592 e. The molecule has 0 bridgehead atoms. The lowest BCUT2D eigenvalue weighted by atomic mass is 9.86. The first kappa shape index (κ1) is 9.96. The molecule has 0 saturated carbocycles. The molecule has 0 aromatic heterocycles. The Labute approximate surface area is 64.5 Å². The van der Waals surface area contributed by atoms with Gasteiger partial charge in [0, 0.05) is 0 Å². The summed E-state index contributed by atoms with van der Waals surface area (Å²) >= 11 is 0. The maximum absolute atomic E-state index is 9.38. The van der Waals surface area contributed by atoms with E-state index in [1.807, 2.05) is 13.8 Å². The van der Waals surface area contributed by atoms with Gasteiger partial charge in [-0.25, -0.2) is 0 Å². The average molecular weight is 144 g/mol. The summed E-state index contributed by atoms with van der Waals surface area (Å²) in [6.07, 6.45) is 1.97. The third-order valence-electron chi connectivity index (χ3n) is 1.49. The predicted molar refractivity (Wildman–Crippen MR) is 45.0 cm³/mol. The minimum absolute atomic E-state index is 0.347. The van der Waals surface area contributed by atoms with E-state index in [-0.39, 0.29) is 0 Å². The quantitative estimate of drug-likeness (QED) is 0.631. The molecule has 0 rings (SSSR count). The van der Waals surface area contributed by atoms with Crippen LogP contribution < -0.4 is 0 Å². The second-order valence-corrected chi connectivity index (χ2v) is 4.87. The van der Waals surface area contributed by atoms with Crippen LogP contribution in [0.2, 0.25) is 0 Å². The summed E-state index contributed by atoms with van der Waals surface area (Å²) in [7, 11) is 0. The minimum atomic E-state index is -0.493. The lowest BCUT2D eigenvalue weighted by molar-refractivity contribution is 0.0582. The van der Waals surface area contributed by atoms with Crippen LogP contribution in [0.5, 0.6) is 0 Å². The highest BCUT2D eigenvalue weighted by molar-refractivity contribution is 4.70. The second-order valence-electron chi connectivity index (χ2n) is 4.87. The van der Waals surface area contributed by atoms with Crippen LogP contribution in [0.4, 0.5) is 0 Å². The van der Waals surface area contributed by atoms with Crippen LogP contribution in [0.25, 0.3) is 0 Å². The van der Waals surface area contributed by atoms with Gasteiger partial charge < -0.3 is 5.11 Å². The standard InChI is InChI=1S/C9H20O/c1-8(2,3)6-7-9(4,5)10/h10H,6-7H2,1-5H3. The van der Waals surface area contributed by atoms with Gasteiger partial charge in [-0.3, -0.25) is 0 Å². The Morgan fingerprint density at radius 1 is 0.900 bits per heavy atom. The third-order valence-corrected chi connectivity index (χ3v) is 1.49. The second kappa shape index (κ2) is 2.91. The molecule has 0 unspecified atom stereocenters. The molecule has 62 valence electrons. The van der Waals surface area contributed by atoms with Gasteiger partial charge in [-0.15, -0.1) is 0 Å². The topological polar surface area (TPSA) is 20.2 Å². The molecule has 0 amide bonds. The highest BCUT2D eigenvalue weighted by Crippen LogP contribution is 2.24. The molecule has 10 heavy (non-hydrogen) atoms. The Morgan fingerprint density at radius 2 is 1.30 bits per heavy atom. The maximum atomic E-state index is 9.38. The van der Waals surface area contributed by atoms with E-state index in [1.54, 1.807) is 0 Å². The van der Waals surface area contributed by atoms with E-state index in [4.69, 9.17) is 0 Å². The van der Waals surface area contributed by atoms with E-state index in [9.17, 15) is 5.11 Å². The van der Waals surface area contributed by atoms with Crippen LogP contribution in [0, 0.1) is 5.41 Å². The normalized spacial score (nSPS) is 13.8. The van der Waals surface area contributed by atoms with Crippen molar-refractivity contribution in [2.45, 2.75) is 53.1 Å². The molecular formula is C9H20O. The maximum Gasteiger partial charge on any atom is 0.0592 e. The number of hydrogen-bond acceptors (Lipinski definition) is 1. The minimum Gasteiger partial charge on any atom is -0.390 e. The molecule has 0 heterocycles. The Bertz CT molecular complexity index is 78.3. The van der Waals surface area contributed by atoms with Gasteiger partial charge in [-0.2, -0.15) is 0 Å². The summed E-state index contributed by atoms with van der Waals surface area (Å²) in [5, 5.41) is 9.38. The number of hydrogen-bond donors (Lipinski definition) is 1. The van der Waals surface area contributed by atoms with Crippen LogP contribution in [0.1, 0.15) is 47.5 Å². The first-order valence-electron chi connectivity index (χ1n) is 3.93. The summed E-state index contributed by atoms with van der Waals surface area (Å²) in [5.74, 6) is 0. The molecule has 0 aliphatic carbocycles. The van der Waals surface area contributed by atoms with Crippen LogP contribution in [0.3, 0.4) is 0 Å². The summed E-state index contributed by atoms with van der Waals surface area (Å²) in [5.41, 5.74) is -0.146. The third kappa shape index (κ3) is 7.96. The predicted octanol–water partition coefficient (Wildman–Crippen LogP) is 2.58. The molecule has 0 aromatic rings. The van der Waals surface area contributed by atoms with Crippen LogP contribution in [-0.2, 0) is 0 Å². The number of rotatable bonds is 2. The van der Waals surface area contributed by atoms with Crippen molar-refractivity contribution in [3.05, 3.63) is 0 Å². The van der Waals surface area contributed by atoms with E-state index < -0.39 is 5.60 Å².